The van der Waals surface area contributed by atoms with Gasteiger partial charge < -0.3 is 9.64 Å². The number of ether oxygens (including phenoxy) is 1. The van der Waals surface area contributed by atoms with Crippen LogP contribution >= 0.6 is 0 Å². The summed E-state index contributed by atoms with van der Waals surface area (Å²) in [4.78, 5) is 11.8. The second-order valence-corrected chi connectivity index (χ2v) is 2.49. The fraction of sp³-hybridized carbons (Fsp3) is 0.857. The average Bonchev–Trinajstić information content (AvgIpc) is 1.86. The van der Waals surface area contributed by atoms with Crippen molar-refractivity contribution in [1.29, 1.82) is 0 Å². The molecular weight excluding hydrogens is 130 g/mol. The largest absolute Gasteiger partial charge is 0.453 e. The van der Waals surface area contributed by atoms with Crippen LogP contribution in [0.5, 0.6) is 0 Å². The third-order valence-corrected chi connectivity index (χ3v) is 1.24. The molecule has 0 aliphatic rings. The molecule has 0 amide bonds. The number of likely N-dealkylation sites (N-methyl/N-ethyl adjacent to an activating group) is 1. The molecule has 3 nitrogen and oxygen atoms in total. The van der Waals surface area contributed by atoms with Gasteiger partial charge in [0.2, 0.25) is 0 Å². The van der Waals surface area contributed by atoms with E-state index in [4.69, 9.17) is 0 Å². The van der Waals surface area contributed by atoms with Crippen molar-refractivity contribution in [1.82, 2.24) is 4.90 Å². The normalized spacial score (nSPS) is 13.2. The maximum Gasteiger partial charge on any atom is 0.417 e. The fourth-order valence-corrected chi connectivity index (χ4v) is 0.725. The predicted molar refractivity (Wildman–Crippen MR) is 39.4 cm³/mol. The summed E-state index contributed by atoms with van der Waals surface area (Å²) in [5, 5.41) is 0. The van der Waals surface area contributed by atoms with Crippen LogP contribution in [0, 0.1) is 0 Å². The van der Waals surface area contributed by atoms with E-state index in [9.17, 15) is 4.79 Å². The van der Waals surface area contributed by atoms with Crippen molar-refractivity contribution in [2.24, 2.45) is 0 Å². The summed E-state index contributed by atoms with van der Waals surface area (Å²) in [5.41, 5.74) is 0. The summed E-state index contributed by atoms with van der Waals surface area (Å²) in [6, 6.07) is 0. The van der Waals surface area contributed by atoms with Gasteiger partial charge in [-0.25, -0.2) is 4.79 Å². The van der Waals surface area contributed by atoms with Crippen molar-refractivity contribution in [3.63, 3.8) is 0 Å². The van der Waals surface area contributed by atoms with Gasteiger partial charge in [-0.15, -0.1) is 0 Å². The van der Waals surface area contributed by atoms with Gasteiger partial charge >= 0.3 is 6.47 Å². The van der Waals surface area contributed by atoms with Crippen molar-refractivity contribution in [3.8, 4) is 0 Å². The molecule has 0 heterocycles. The van der Waals surface area contributed by atoms with E-state index in [1.54, 1.807) is 0 Å². The van der Waals surface area contributed by atoms with E-state index in [1.807, 2.05) is 25.9 Å². The van der Waals surface area contributed by atoms with Gasteiger partial charge in [0, 0.05) is 6.54 Å². The highest BCUT2D eigenvalue weighted by Crippen LogP contribution is 1.96. The molecule has 0 rings (SSSR count). The Hall–Kier alpha value is -0.570. The number of hydrogen-bond acceptors (Lipinski definition) is 3. The van der Waals surface area contributed by atoms with Gasteiger partial charge in [-0.05, 0) is 20.5 Å². The van der Waals surface area contributed by atoms with E-state index < -0.39 is 0 Å². The van der Waals surface area contributed by atoms with E-state index in [2.05, 4.69) is 4.74 Å². The summed E-state index contributed by atoms with van der Waals surface area (Å²) >= 11 is 0. The zero-order valence-corrected chi connectivity index (χ0v) is 6.76. The van der Waals surface area contributed by atoms with Crippen LogP contribution in [0.4, 0.5) is 0 Å². The third kappa shape index (κ3) is 4.32. The van der Waals surface area contributed by atoms with E-state index in [0.29, 0.717) is 0 Å². The molecule has 0 fully saturated rings. The maximum absolute atomic E-state index is 9.79. The van der Waals surface area contributed by atoms with Crippen LogP contribution in [-0.4, -0.2) is 38.1 Å². The first-order valence-electron chi connectivity index (χ1n) is 3.38. The van der Waals surface area contributed by atoms with Crippen LogP contribution in [0.1, 0.15) is 13.3 Å². The van der Waals surface area contributed by atoms with Crippen LogP contribution < -0.4 is 0 Å². The molecule has 0 spiro atoms. The molecule has 0 saturated carbocycles. The molecule has 1 radical (unpaired) electrons. The lowest BCUT2D eigenvalue weighted by molar-refractivity contribution is 0.137. The molecule has 59 valence electrons. The van der Waals surface area contributed by atoms with Crippen LogP contribution in [0.25, 0.3) is 0 Å². The van der Waals surface area contributed by atoms with Crippen LogP contribution in [0.3, 0.4) is 0 Å². The monoisotopic (exact) mass is 144 g/mol. The Balaban J connectivity index is 3.48. The second-order valence-electron chi connectivity index (χ2n) is 2.49. The zero-order chi connectivity index (χ0) is 7.98. The van der Waals surface area contributed by atoms with E-state index in [1.165, 1.54) is 6.47 Å². The minimum atomic E-state index is -0.00694. The number of hydrogen-bond donors (Lipinski definition) is 0. The van der Waals surface area contributed by atoms with Crippen molar-refractivity contribution in [2.45, 2.75) is 19.4 Å². The van der Waals surface area contributed by atoms with Crippen molar-refractivity contribution < 1.29 is 9.53 Å². The Morgan fingerprint density at radius 2 is 2.20 bits per heavy atom. The first kappa shape index (κ1) is 9.43. The summed E-state index contributed by atoms with van der Waals surface area (Å²) in [6.07, 6.45) is 0.834. The Bertz CT molecular complexity index is 93.6. The van der Waals surface area contributed by atoms with E-state index in [-0.39, 0.29) is 6.10 Å². The molecule has 0 aromatic heterocycles. The van der Waals surface area contributed by atoms with Crippen molar-refractivity contribution >= 4 is 6.47 Å². The fourth-order valence-electron chi connectivity index (χ4n) is 0.725. The molecule has 10 heavy (non-hydrogen) atoms. The highest BCUT2D eigenvalue weighted by atomic mass is 16.5. The predicted octanol–water partition coefficient (Wildman–Crippen LogP) is 0.410. The highest BCUT2D eigenvalue weighted by molar-refractivity contribution is 5.38. The van der Waals surface area contributed by atoms with Crippen LogP contribution in [-0.2, 0) is 9.53 Å². The zero-order valence-electron chi connectivity index (χ0n) is 6.76. The lowest BCUT2D eigenvalue weighted by atomic mass is 10.3. The first-order chi connectivity index (χ1) is 4.70. The molecule has 0 aromatic carbocycles. The standard InChI is InChI=1S/C7H14NO2/c1-4-7(10-6-9)5-8(2)3/h7H,4-5H2,1-3H3. The van der Waals surface area contributed by atoms with Gasteiger partial charge in [-0.2, -0.15) is 0 Å². The molecule has 1 unspecified atom stereocenters. The third-order valence-electron chi connectivity index (χ3n) is 1.24. The SMILES string of the molecule is CCC(CN(C)C)O[C]=O. The molecular formula is C7H14NO2. The molecule has 0 N–H and O–H groups in total. The van der Waals surface area contributed by atoms with Gasteiger partial charge in [0.15, 0.2) is 0 Å². The molecule has 0 aliphatic carbocycles. The summed E-state index contributed by atoms with van der Waals surface area (Å²) in [7, 11) is 3.88. The lowest BCUT2D eigenvalue weighted by Gasteiger charge is -2.16. The van der Waals surface area contributed by atoms with Gasteiger partial charge in [0.05, 0.1) is 0 Å². The number of carbonyl (C=O) groups excluding carboxylic acids is 1. The lowest BCUT2D eigenvalue weighted by Crippen LogP contribution is -2.27. The van der Waals surface area contributed by atoms with Crippen LogP contribution in [0.15, 0.2) is 0 Å². The molecule has 3 heteroatoms. The summed E-state index contributed by atoms with van der Waals surface area (Å²) in [6.45, 7) is 4.19. The van der Waals surface area contributed by atoms with Crippen LogP contribution in [0.2, 0.25) is 0 Å². The maximum atomic E-state index is 9.79. The quantitative estimate of drug-likeness (QED) is 0.559. The Morgan fingerprint density at radius 1 is 1.60 bits per heavy atom. The van der Waals surface area contributed by atoms with E-state index in [0.717, 1.165) is 13.0 Å². The Kier molecular flexibility index (Phi) is 4.94. The average molecular weight is 144 g/mol. The topological polar surface area (TPSA) is 29.5 Å². The minimum Gasteiger partial charge on any atom is -0.453 e. The first-order valence-corrected chi connectivity index (χ1v) is 3.38. The smallest absolute Gasteiger partial charge is 0.417 e. The highest BCUT2D eigenvalue weighted by Gasteiger charge is 2.06. The molecule has 0 bridgehead atoms. The molecule has 0 aliphatic heterocycles. The van der Waals surface area contributed by atoms with Crippen molar-refractivity contribution in [3.05, 3.63) is 0 Å². The van der Waals surface area contributed by atoms with Crippen molar-refractivity contribution in [2.75, 3.05) is 20.6 Å². The summed E-state index contributed by atoms with van der Waals surface area (Å²) < 4.78 is 4.65. The molecule has 0 saturated heterocycles. The summed E-state index contributed by atoms with van der Waals surface area (Å²) in [5.74, 6) is 0. The second kappa shape index (κ2) is 5.23. The Labute approximate surface area is 62.0 Å². The number of nitrogens with zero attached hydrogens (tertiary/aromatic N) is 1. The molecule has 0 aromatic rings. The van der Waals surface area contributed by atoms with Gasteiger partial charge in [-0.3, -0.25) is 0 Å². The number of rotatable bonds is 5. The van der Waals surface area contributed by atoms with Gasteiger partial charge in [0.25, 0.3) is 0 Å². The minimum absolute atomic E-state index is 0.00694. The van der Waals surface area contributed by atoms with E-state index >= 15 is 0 Å². The molecule has 1 atom stereocenters. The van der Waals surface area contributed by atoms with Gasteiger partial charge in [0.1, 0.15) is 6.10 Å². The Morgan fingerprint density at radius 3 is 2.50 bits per heavy atom. The van der Waals surface area contributed by atoms with Gasteiger partial charge in [-0.1, -0.05) is 6.92 Å².